The van der Waals surface area contributed by atoms with Gasteiger partial charge in [-0.3, -0.25) is 4.79 Å². The van der Waals surface area contributed by atoms with E-state index in [0.717, 1.165) is 19.4 Å². The Balaban J connectivity index is 2.16. The van der Waals surface area contributed by atoms with Crippen molar-refractivity contribution >= 4 is 11.6 Å². The number of benzene rings is 1. The van der Waals surface area contributed by atoms with Crippen molar-refractivity contribution in [3.8, 4) is 0 Å². The number of nitrogens with zero attached hydrogens (tertiary/aromatic N) is 1. The van der Waals surface area contributed by atoms with Gasteiger partial charge in [0.25, 0.3) is 5.91 Å². The summed E-state index contributed by atoms with van der Waals surface area (Å²) in [5.74, 6) is 0.763. The molecule has 2 N–H and O–H groups in total. The summed E-state index contributed by atoms with van der Waals surface area (Å²) in [6.45, 7) is 5.21. The molecular formula is C15H22N2O. The fraction of sp³-hybridized carbons (Fsp3) is 0.533. The lowest BCUT2D eigenvalue weighted by atomic mass is 9.91. The van der Waals surface area contributed by atoms with Crippen LogP contribution in [0, 0.1) is 5.92 Å². The predicted molar refractivity (Wildman–Crippen MR) is 74.4 cm³/mol. The number of anilines is 1. The summed E-state index contributed by atoms with van der Waals surface area (Å²) in [6.07, 6.45) is 3.48. The third-order valence-electron chi connectivity index (χ3n) is 3.95. The van der Waals surface area contributed by atoms with Crippen LogP contribution in [0.5, 0.6) is 0 Å². The zero-order valence-corrected chi connectivity index (χ0v) is 11.2. The van der Waals surface area contributed by atoms with Crippen molar-refractivity contribution in [1.29, 1.82) is 0 Å². The van der Waals surface area contributed by atoms with E-state index in [1.807, 2.05) is 23.1 Å². The average Bonchev–Trinajstić information content (AvgIpc) is 2.38. The molecule has 18 heavy (non-hydrogen) atoms. The van der Waals surface area contributed by atoms with Crippen LogP contribution in [0.2, 0.25) is 0 Å². The molecule has 1 amide bonds. The average molecular weight is 246 g/mol. The van der Waals surface area contributed by atoms with Crippen molar-refractivity contribution in [2.75, 3.05) is 12.3 Å². The Hall–Kier alpha value is -1.51. The standard InChI is InChI=1S/C15H22N2O/c1-3-12-8-7-11(2)17(10-12)15(18)13-5-4-6-14(16)9-13/h4-6,9,11-12H,3,7-8,10,16H2,1-2H3. The summed E-state index contributed by atoms with van der Waals surface area (Å²) in [4.78, 5) is 14.5. The second kappa shape index (κ2) is 5.42. The molecule has 0 aliphatic carbocycles. The third kappa shape index (κ3) is 2.66. The number of hydrogen-bond donors (Lipinski definition) is 1. The Kier molecular flexibility index (Phi) is 3.90. The lowest BCUT2D eigenvalue weighted by Gasteiger charge is -2.38. The quantitative estimate of drug-likeness (QED) is 0.815. The molecule has 1 aromatic carbocycles. The fourth-order valence-corrected chi connectivity index (χ4v) is 2.64. The SMILES string of the molecule is CCC1CCC(C)N(C(=O)c2cccc(N)c2)C1. The molecule has 3 nitrogen and oxygen atoms in total. The van der Waals surface area contributed by atoms with Gasteiger partial charge in [-0.1, -0.05) is 19.4 Å². The van der Waals surface area contributed by atoms with Crippen LogP contribution in [-0.2, 0) is 0 Å². The molecule has 1 aliphatic rings. The monoisotopic (exact) mass is 246 g/mol. The van der Waals surface area contributed by atoms with Gasteiger partial charge in [0.1, 0.15) is 0 Å². The zero-order valence-electron chi connectivity index (χ0n) is 11.2. The normalized spacial score (nSPS) is 24.0. The number of amides is 1. The van der Waals surface area contributed by atoms with Crippen LogP contribution in [0.1, 0.15) is 43.5 Å². The van der Waals surface area contributed by atoms with Gasteiger partial charge in [0.05, 0.1) is 0 Å². The molecule has 2 unspecified atom stereocenters. The van der Waals surface area contributed by atoms with Crippen molar-refractivity contribution < 1.29 is 4.79 Å². The first-order valence-corrected chi connectivity index (χ1v) is 6.78. The molecule has 3 heteroatoms. The number of piperidine rings is 1. The molecule has 0 radical (unpaired) electrons. The van der Waals surface area contributed by atoms with E-state index in [2.05, 4.69) is 13.8 Å². The minimum atomic E-state index is 0.118. The molecular weight excluding hydrogens is 224 g/mol. The Bertz CT molecular complexity index is 430. The molecule has 1 saturated heterocycles. The molecule has 0 aromatic heterocycles. The minimum Gasteiger partial charge on any atom is -0.399 e. The maximum absolute atomic E-state index is 12.5. The van der Waals surface area contributed by atoms with Gasteiger partial charge in [-0.05, 0) is 43.9 Å². The van der Waals surface area contributed by atoms with E-state index >= 15 is 0 Å². The van der Waals surface area contributed by atoms with E-state index in [-0.39, 0.29) is 5.91 Å². The molecule has 1 aliphatic heterocycles. The molecule has 1 aromatic rings. The molecule has 1 fully saturated rings. The number of rotatable bonds is 2. The van der Waals surface area contributed by atoms with Gasteiger partial charge in [-0.2, -0.15) is 0 Å². The fourth-order valence-electron chi connectivity index (χ4n) is 2.64. The maximum Gasteiger partial charge on any atom is 0.254 e. The number of carbonyl (C=O) groups excluding carboxylic acids is 1. The summed E-state index contributed by atoms with van der Waals surface area (Å²) in [5, 5.41) is 0. The highest BCUT2D eigenvalue weighted by Gasteiger charge is 2.28. The maximum atomic E-state index is 12.5. The Morgan fingerprint density at radius 3 is 2.89 bits per heavy atom. The van der Waals surface area contributed by atoms with Gasteiger partial charge in [-0.15, -0.1) is 0 Å². The van der Waals surface area contributed by atoms with Gasteiger partial charge in [0, 0.05) is 23.8 Å². The highest BCUT2D eigenvalue weighted by Crippen LogP contribution is 2.25. The summed E-state index contributed by atoms with van der Waals surface area (Å²) in [5.41, 5.74) is 7.10. The van der Waals surface area contributed by atoms with Crippen molar-refractivity contribution in [3.63, 3.8) is 0 Å². The predicted octanol–water partition coefficient (Wildman–Crippen LogP) is 2.92. The van der Waals surface area contributed by atoms with E-state index in [9.17, 15) is 4.79 Å². The van der Waals surface area contributed by atoms with Crippen LogP contribution in [-0.4, -0.2) is 23.4 Å². The summed E-state index contributed by atoms with van der Waals surface area (Å²) in [6, 6.07) is 7.60. The molecule has 2 atom stereocenters. The molecule has 1 heterocycles. The van der Waals surface area contributed by atoms with Crippen molar-refractivity contribution in [1.82, 2.24) is 4.90 Å². The smallest absolute Gasteiger partial charge is 0.254 e. The van der Waals surface area contributed by atoms with Crippen molar-refractivity contribution in [2.45, 2.75) is 39.2 Å². The van der Waals surface area contributed by atoms with Crippen LogP contribution < -0.4 is 5.73 Å². The second-order valence-electron chi connectivity index (χ2n) is 5.28. The first-order valence-electron chi connectivity index (χ1n) is 6.78. The van der Waals surface area contributed by atoms with Crippen molar-refractivity contribution in [2.24, 2.45) is 5.92 Å². The van der Waals surface area contributed by atoms with Gasteiger partial charge < -0.3 is 10.6 Å². The molecule has 98 valence electrons. The highest BCUT2D eigenvalue weighted by molar-refractivity contribution is 5.95. The lowest BCUT2D eigenvalue weighted by Crippen LogP contribution is -2.45. The second-order valence-corrected chi connectivity index (χ2v) is 5.28. The van der Waals surface area contributed by atoms with E-state index in [1.54, 1.807) is 6.07 Å². The Morgan fingerprint density at radius 2 is 2.22 bits per heavy atom. The molecule has 2 rings (SSSR count). The number of nitrogens with two attached hydrogens (primary N) is 1. The molecule has 0 spiro atoms. The van der Waals surface area contributed by atoms with E-state index in [4.69, 9.17) is 5.73 Å². The Morgan fingerprint density at radius 1 is 1.44 bits per heavy atom. The summed E-state index contributed by atoms with van der Waals surface area (Å²) in [7, 11) is 0. The van der Waals surface area contributed by atoms with Gasteiger partial charge >= 0.3 is 0 Å². The number of likely N-dealkylation sites (tertiary alicyclic amines) is 1. The van der Waals surface area contributed by atoms with Crippen LogP contribution in [0.4, 0.5) is 5.69 Å². The van der Waals surface area contributed by atoms with Gasteiger partial charge in [0.15, 0.2) is 0 Å². The lowest BCUT2D eigenvalue weighted by molar-refractivity contribution is 0.0557. The van der Waals surface area contributed by atoms with Crippen molar-refractivity contribution in [3.05, 3.63) is 29.8 Å². The third-order valence-corrected chi connectivity index (χ3v) is 3.95. The summed E-state index contributed by atoms with van der Waals surface area (Å²) < 4.78 is 0. The highest BCUT2D eigenvalue weighted by atomic mass is 16.2. The van der Waals surface area contributed by atoms with Crippen LogP contribution in [0.3, 0.4) is 0 Å². The van der Waals surface area contributed by atoms with E-state index in [0.29, 0.717) is 23.2 Å². The first kappa shape index (κ1) is 12.9. The van der Waals surface area contributed by atoms with Crippen LogP contribution in [0.15, 0.2) is 24.3 Å². The van der Waals surface area contributed by atoms with Gasteiger partial charge in [0.2, 0.25) is 0 Å². The number of hydrogen-bond acceptors (Lipinski definition) is 2. The number of carbonyl (C=O) groups is 1. The largest absolute Gasteiger partial charge is 0.399 e. The van der Waals surface area contributed by atoms with E-state index in [1.165, 1.54) is 6.42 Å². The first-order chi connectivity index (χ1) is 8.61. The molecule has 0 saturated carbocycles. The zero-order chi connectivity index (χ0) is 13.1. The van der Waals surface area contributed by atoms with Crippen LogP contribution >= 0.6 is 0 Å². The number of nitrogen functional groups attached to an aromatic ring is 1. The van der Waals surface area contributed by atoms with Crippen LogP contribution in [0.25, 0.3) is 0 Å². The van der Waals surface area contributed by atoms with Gasteiger partial charge in [-0.25, -0.2) is 0 Å². The Labute approximate surface area is 109 Å². The summed E-state index contributed by atoms with van der Waals surface area (Å²) >= 11 is 0. The topological polar surface area (TPSA) is 46.3 Å². The minimum absolute atomic E-state index is 0.118. The van der Waals surface area contributed by atoms with E-state index < -0.39 is 0 Å². The molecule has 0 bridgehead atoms.